The molecular formula is C12H15NO4. The third-order valence-electron chi connectivity index (χ3n) is 3.04. The van der Waals surface area contributed by atoms with Crippen LogP contribution < -0.4 is 5.63 Å². The molecular weight excluding hydrogens is 222 g/mol. The Kier molecular flexibility index (Phi) is 3.28. The van der Waals surface area contributed by atoms with Gasteiger partial charge in [0.2, 0.25) is 0 Å². The smallest absolute Gasteiger partial charge is 0.335 e. The van der Waals surface area contributed by atoms with E-state index in [1.165, 1.54) is 18.4 Å². The highest BCUT2D eigenvalue weighted by Gasteiger charge is 2.29. The molecule has 0 spiro atoms. The number of rotatable bonds is 3. The maximum absolute atomic E-state index is 11.9. The van der Waals surface area contributed by atoms with E-state index in [9.17, 15) is 9.59 Å². The molecule has 0 radical (unpaired) electrons. The van der Waals surface area contributed by atoms with Gasteiger partial charge in [0.25, 0.3) is 5.91 Å². The minimum Gasteiger partial charge on any atom is -0.430 e. The molecule has 5 nitrogen and oxygen atoms in total. The lowest BCUT2D eigenvalue weighted by molar-refractivity contribution is 0.0264. The zero-order valence-corrected chi connectivity index (χ0v) is 9.63. The fourth-order valence-corrected chi connectivity index (χ4v) is 2.02. The standard InChI is InChI=1S/C12H15NO4/c1-13(6-8-4-10(14)5-8)12(16)9-2-3-11(15)17-7-9/h2-3,7-8,10,14H,4-6H2,1H3. The second-order valence-electron chi connectivity index (χ2n) is 4.52. The summed E-state index contributed by atoms with van der Waals surface area (Å²) in [6.45, 7) is 0.620. The van der Waals surface area contributed by atoms with Crippen molar-refractivity contribution in [1.82, 2.24) is 4.90 Å². The van der Waals surface area contributed by atoms with Crippen molar-refractivity contribution in [2.24, 2.45) is 5.92 Å². The average molecular weight is 237 g/mol. The van der Waals surface area contributed by atoms with E-state index in [-0.39, 0.29) is 12.0 Å². The van der Waals surface area contributed by atoms with E-state index in [1.54, 1.807) is 11.9 Å². The molecule has 1 aliphatic carbocycles. The monoisotopic (exact) mass is 237 g/mol. The molecule has 1 saturated carbocycles. The van der Waals surface area contributed by atoms with Crippen molar-refractivity contribution in [3.63, 3.8) is 0 Å². The van der Waals surface area contributed by atoms with Gasteiger partial charge in [0, 0.05) is 19.7 Å². The zero-order valence-electron chi connectivity index (χ0n) is 9.63. The van der Waals surface area contributed by atoms with Crippen LogP contribution in [0.5, 0.6) is 0 Å². The van der Waals surface area contributed by atoms with Gasteiger partial charge in [-0.2, -0.15) is 0 Å². The Morgan fingerprint density at radius 1 is 1.53 bits per heavy atom. The quantitative estimate of drug-likeness (QED) is 0.830. The van der Waals surface area contributed by atoms with Crippen LogP contribution in [0.1, 0.15) is 23.2 Å². The molecule has 1 aliphatic rings. The molecule has 0 unspecified atom stereocenters. The number of carbonyl (C=O) groups excluding carboxylic acids is 1. The van der Waals surface area contributed by atoms with Crippen molar-refractivity contribution in [3.8, 4) is 0 Å². The predicted molar refractivity (Wildman–Crippen MR) is 60.7 cm³/mol. The first-order valence-corrected chi connectivity index (χ1v) is 5.58. The first-order valence-electron chi connectivity index (χ1n) is 5.58. The molecule has 1 aromatic rings. The van der Waals surface area contributed by atoms with Crippen LogP contribution in [0, 0.1) is 5.92 Å². The van der Waals surface area contributed by atoms with Gasteiger partial charge in [-0.1, -0.05) is 0 Å². The van der Waals surface area contributed by atoms with E-state index in [1.807, 2.05) is 0 Å². The van der Waals surface area contributed by atoms with Gasteiger partial charge in [0.1, 0.15) is 6.26 Å². The summed E-state index contributed by atoms with van der Waals surface area (Å²) in [5.74, 6) is 0.199. The maximum Gasteiger partial charge on any atom is 0.335 e. The van der Waals surface area contributed by atoms with Crippen molar-refractivity contribution in [1.29, 1.82) is 0 Å². The van der Waals surface area contributed by atoms with Gasteiger partial charge >= 0.3 is 5.63 Å². The summed E-state index contributed by atoms with van der Waals surface area (Å²) in [5, 5.41) is 9.16. The largest absolute Gasteiger partial charge is 0.430 e. The Bertz CT molecular complexity index is 441. The lowest BCUT2D eigenvalue weighted by Gasteiger charge is -2.34. The molecule has 0 aliphatic heterocycles. The number of hydrogen-bond donors (Lipinski definition) is 1. The lowest BCUT2D eigenvalue weighted by atomic mass is 9.82. The highest BCUT2D eigenvalue weighted by atomic mass is 16.4. The predicted octanol–water partition coefficient (Wildman–Crippen LogP) is 0.483. The van der Waals surface area contributed by atoms with Crippen molar-refractivity contribution >= 4 is 5.91 Å². The van der Waals surface area contributed by atoms with Crippen molar-refractivity contribution in [2.45, 2.75) is 18.9 Å². The van der Waals surface area contributed by atoms with Crippen LogP contribution in [-0.4, -0.2) is 35.6 Å². The summed E-state index contributed by atoms with van der Waals surface area (Å²) in [6.07, 6.45) is 2.47. The van der Waals surface area contributed by atoms with Crippen molar-refractivity contribution in [3.05, 3.63) is 34.4 Å². The minimum atomic E-state index is -0.466. The molecule has 0 saturated heterocycles. The van der Waals surface area contributed by atoms with E-state index in [0.29, 0.717) is 18.0 Å². The van der Waals surface area contributed by atoms with E-state index >= 15 is 0 Å². The first-order chi connectivity index (χ1) is 8.06. The van der Waals surface area contributed by atoms with Gasteiger partial charge in [0.15, 0.2) is 0 Å². The molecule has 1 amide bonds. The maximum atomic E-state index is 11.9. The van der Waals surface area contributed by atoms with Gasteiger partial charge < -0.3 is 14.4 Å². The summed E-state index contributed by atoms with van der Waals surface area (Å²) in [7, 11) is 1.71. The molecule has 2 rings (SSSR count). The molecule has 1 heterocycles. The van der Waals surface area contributed by atoms with Crippen LogP contribution in [0.2, 0.25) is 0 Å². The van der Waals surface area contributed by atoms with Crippen LogP contribution in [0.3, 0.4) is 0 Å². The zero-order chi connectivity index (χ0) is 12.4. The molecule has 0 bridgehead atoms. The van der Waals surface area contributed by atoms with Crippen LogP contribution in [0.15, 0.2) is 27.6 Å². The van der Waals surface area contributed by atoms with E-state index in [0.717, 1.165) is 12.8 Å². The Labute approximate surface area is 98.7 Å². The van der Waals surface area contributed by atoms with Gasteiger partial charge in [-0.3, -0.25) is 4.79 Å². The Hall–Kier alpha value is -1.62. The highest BCUT2D eigenvalue weighted by molar-refractivity contribution is 5.93. The SMILES string of the molecule is CN(CC1CC(O)C1)C(=O)c1ccc(=O)oc1. The number of hydrogen-bond acceptors (Lipinski definition) is 4. The number of nitrogens with zero attached hydrogens (tertiary/aromatic N) is 1. The first kappa shape index (κ1) is 11.9. The van der Waals surface area contributed by atoms with Crippen molar-refractivity contribution < 1.29 is 14.3 Å². The van der Waals surface area contributed by atoms with Crippen LogP contribution >= 0.6 is 0 Å². The molecule has 17 heavy (non-hydrogen) atoms. The fourth-order valence-electron chi connectivity index (χ4n) is 2.02. The third-order valence-corrected chi connectivity index (χ3v) is 3.04. The van der Waals surface area contributed by atoms with E-state index in [2.05, 4.69) is 4.42 Å². The average Bonchev–Trinajstić information content (AvgIpc) is 2.27. The highest BCUT2D eigenvalue weighted by Crippen LogP contribution is 2.27. The summed E-state index contributed by atoms with van der Waals surface area (Å²) in [6, 6.07) is 2.69. The second kappa shape index (κ2) is 4.71. The van der Waals surface area contributed by atoms with E-state index in [4.69, 9.17) is 5.11 Å². The second-order valence-corrected chi connectivity index (χ2v) is 4.52. The molecule has 5 heteroatoms. The van der Waals surface area contributed by atoms with Gasteiger partial charge in [-0.05, 0) is 24.8 Å². The molecule has 92 valence electrons. The topological polar surface area (TPSA) is 70.8 Å². The van der Waals surface area contributed by atoms with Gasteiger partial charge in [0.05, 0.1) is 11.7 Å². The van der Waals surface area contributed by atoms with Crippen LogP contribution in [0.4, 0.5) is 0 Å². The molecule has 1 N–H and O–H groups in total. The molecule has 1 aromatic heterocycles. The van der Waals surface area contributed by atoms with Crippen molar-refractivity contribution in [2.75, 3.05) is 13.6 Å². The summed E-state index contributed by atoms with van der Waals surface area (Å²) in [4.78, 5) is 24.3. The lowest BCUT2D eigenvalue weighted by Crippen LogP contribution is -2.39. The Balaban J connectivity index is 1.94. The summed E-state index contributed by atoms with van der Waals surface area (Å²) in [5.41, 5.74) is -0.0988. The van der Waals surface area contributed by atoms with Gasteiger partial charge in [-0.25, -0.2) is 4.79 Å². The molecule has 0 atom stereocenters. The van der Waals surface area contributed by atoms with Crippen LogP contribution in [0.25, 0.3) is 0 Å². The summed E-state index contributed by atoms with van der Waals surface area (Å²) >= 11 is 0. The fraction of sp³-hybridized carbons (Fsp3) is 0.500. The van der Waals surface area contributed by atoms with Crippen LogP contribution in [-0.2, 0) is 0 Å². The van der Waals surface area contributed by atoms with E-state index < -0.39 is 5.63 Å². The summed E-state index contributed by atoms with van der Waals surface area (Å²) < 4.78 is 4.65. The van der Waals surface area contributed by atoms with Gasteiger partial charge in [-0.15, -0.1) is 0 Å². The molecule has 0 aromatic carbocycles. The Morgan fingerprint density at radius 3 is 2.76 bits per heavy atom. The molecule has 1 fully saturated rings. The number of aliphatic hydroxyl groups is 1. The number of amides is 1. The minimum absolute atomic E-state index is 0.171. The normalized spacial score (nSPS) is 22.9. The Morgan fingerprint density at radius 2 is 2.24 bits per heavy atom. The third kappa shape index (κ3) is 2.74. The number of aliphatic hydroxyl groups excluding tert-OH is 1. The number of carbonyl (C=O) groups is 1.